The van der Waals surface area contributed by atoms with Crippen LogP contribution >= 0.6 is 0 Å². The molecule has 8 nitrogen and oxygen atoms in total. The number of anilines is 2. The van der Waals surface area contributed by atoms with Crippen LogP contribution in [0.5, 0.6) is 0 Å². The van der Waals surface area contributed by atoms with Crippen molar-refractivity contribution < 1.29 is 9.84 Å². The monoisotopic (exact) mass is 338 g/mol. The topological polar surface area (TPSA) is 85.3 Å². The van der Waals surface area contributed by atoms with Crippen molar-refractivity contribution in [2.75, 3.05) is 82.8 Å². The first kappa shape index (κ1) is 17.3. The summed E-state index contributed by atoms with van der Waals surface area (Å²) in [6.45, 7) is 7.03. The Morgan fingerprint density at radius 2 is 1.75 bits per heavy atom. The van der Waals surface area contributed by atoms with Crippen molar-refractivity contribution in [3.8, 4) is 0 Å². The highest BCUT2D eigenvalue weighted by Gasteiger charge is 2.28. The van der Waals surface area contributed by atoms with Crippen LogP contribution in [0.3, 0.4) is 0 Å². The van der Waals surface area contributed by atoms with Crippen molar-refractivity contribution in [1.82, 2.24) is 9.80 Å². The van der Waals surface area contributed by atoms with Crippen molar-refractivity contribution in [2.24, 2.45) is 0 Å². The van der Waals surface area contributed by atoms with Gasteiger partial charge in [0.25, 0.3) is 10.9 Å². The van der Waals surface area contributed by atoms with Gasteiger partial charge in [-0.25, -0.2) is 0 Å². The first-order valence-corrected chi connectivity index (χ1v) is 8.55. The van der Waals surface area contributed by atoms with Gasteiger partial charge in [-0.05, 0) is 7.05 Å². The lowest BCUT2D eigenvalue weighted by atomic mass is 10.1. The van der Waals surface area contributed by atoms with Crippen molar-refractivity contribution in [3.05, 3.63) is 20.4 Å². The van der Waals surface area contributed by atoms with Crippen LogP contribution in [0.2, 0.25) is 0 Å². The largest absolute Gasteiger partial charge is 0.390 e. The molecule has 8 heteroatoms. The molecular weight excluding hydrogens is 312 g/mol. The van der Waals surface area contributed by atoms with E-state index < -0.39 is 17.0 Å². The Kier molecular flexibility index (Phi) is 5.50. The molecule has 2 aliphatic rings. The number of β-amino-alcohol motifs (C(OH)–C–C–N with tert-alkyl or cyclic N) is 1. The SMILES string of the molecule is CN1CCN(c2c(NC[C@H](O)CN3CCOCC3)c(=O)c2=O)CC1. The fourth-order valence-electron chi connectivity index (χ4n) is 3.24. The third-order valence-corrected chi connectivity index (χ3v) is 4.79. The van der Waals surface area contributed by atoms with Gasteiger partial charge >= 0.3 is 0 Å². The average molecular weight is 338 g/mol. The number of likely N-dealkylation sites (N-methyl/N-ethyl adjacent to an activating group) is 1. The summed E-state index contributed by atoms with van der Waals surface area (Å²) in [6.07, 6.45) is -0.590. The summed E-state index contributed by atoms with van der Waals surface area (Å²) in [5, 5.41) is 13.2. The lowest BCUT2D eigenvalue weighted by molar-refractivity contribution is 0.0171. The van der Waals surface area contributed by atoms with Crippen LogP contribution in [0.15, 0.2) is 9.59 Å². The number of aliphatic hydroxyl groups excluding tert-OH is 1. The maximum absolute atomic E-state index is 11.9. The molecule has 1 atom stereocenters. The van der Waals surface area contributed by atoms with E-state index in [9.17, 15) is 14.7 Å². The predicted octanol–water partition coefficient (Wildman–Crippen LogP) is -1.86. The van der Waals surface area contributed by atoms with Crippen LogP contribution in [0.1, 0.15) is 0 Å². The quantitative estimate of drug-likeness (QED) is 0.584. The van der Waals surface area contributed by atoms with Crippen molar-refractivity contribution in [3.63, 3.8) is 0 Å². The number of piperazine rings is 1. The summed E-state index contributed by atoms with van der Waals surface area (Å²) in [4.78, 5) is 30.1. The number of ether oxygens (including phenoxy) is 1. The number of nitrogens with one attached hydrogen (secondary N) is 1. The number of hydrogen-bond acceptors (Lipinski definition) is 8. The summed E-state index contributed by atoms with van der Waals surface area (Å²) in [5.41, 5.74) is -0.0236. The standard InChI is InChI=1S/C16H26N4O4/c1-18-2-4-20(5-3-18)14-13(15(22)16(14)23)17-10-12(21)11-19-6-8-24-9-7-19/h12,17,21H,2-11H2,1H3/t12-/m0/s1. The molecule has 2 fully saturated rings. The minimum Gasteiger partial charge on any atom is -0.390 e. The normalized spacial score (nSPS) is 22.0. The zero-order valence-corrected chi connectivity index (χ0v) is 14.2. The van der Waals surface area contributed by atoms with E-state index in [1.54, 1.807) is 0 Å². The van der Waals surface area contributed by atoms with Crippen LogP contribution < -0.4 is 21.1 Å². The molecule has 0 aromatic heterocycles. The van der Waals surface area contributed by atoms with E-state index >= 15 is 0 Å². The van der Waals surface area contributed by atoms with Crippen molar-refractivity contribution in [1.29, 1.82) is 0 Å². The molecule has 1 aromatic rings. The maximum Gasteiger partial charge on any atom is 0.253 e. The van der Waals surface area contributed by atoms with Gasteiger partial charge in [0, 0.05) is 52.4 Å². The Hall–Kier alpha value is -1.48. The molecule has 24 heavy (non-hydrogen) atoms. The summed E-state index contributed by atoms with van der Waals surface area (Å²) in [7, 11) is 2.04. The van der Waals surface area contributed by atoms with E-state index in [0.717, 1.165) is 39.3 Å². The molecule has 0 saturated carbocycles. The zero-order chi connectivity index (χ0) is 17.1. The van der Waals surface area contributed by atoms with Gasteiger partial charge in [-0.1, -0.05) is 0 Å². The third-order valence-electron chi connectivity index (χ3n) is 4.79. The van der Waals surface area contributed by atoms with Crippen LogP contribution in [0.25, 0.3) is 0 Å². The Balaban J connectivity index is 1.54. The minimum absolute atomic E-state index is 0.267. The number of nitrogens with zero attached hydrogens (tertiary/aromatic N) is 3. The molecular formula is C16H26N4O4. The second-order valence-corrected chi connectivity index (χ2v) is 6.62. The second kappa shape index (κ2) is 7.60. The Bertz CT molecular complexity index is 614. The maximum atomic E-state index is 11.9. The number of hydrogen-bond donors (Lipinski definition) is 2. The Morgan fingerprint density at radius 3 is 2.42 bits per heavy atom. The molecule has 0 amide bonds. The fraction of sp³-hybridized carbons (Fsp3) is 0.750. The molecule has 3 rings (SSSR count). The Morgan fingerprint density at radius 1 is 1.08 bits per heavy atom. The van der Waals surface area contributed by atoms with Crippen LogP contribution in [-0.2, 0) is 4.74 Å². The van der Waals surface area contributed by atoms with E-state index in [4.69, 9.17) is 4.74 Å². The van der Waals surface area contributed by atoms with Crippen LogP contribution in [0.4, 0.5) is 11.4 Å². The molecule has 0 radical (unpaired) electrons. The van der Waals surface area contributed by atoms with Gasteiger partial charge in [-0.15, -0.1) is 0 Å². The van der Waals surface area contributed by atoms with Crippen molar-refractivity contribution in [2.45, 2.75) is 6.10 Å². The lowest BCUT2D eigenvalue weighted by Gasteiger charge is -2.35. The zero-order valence-electron chi connectivity index (χ0n) is 14.2. The van der Waals surface area contributed by atoms with E-state index in [1.807, 2.05) is 11.9 Å². The van der Waals surface area contributed by atoms with Gasteiger partial charge in [-0.2, -0.15) is 0 Å². The number of morpholine rings is 1. The van der Waals surface area contributed by atoms with Crippen molar-refractivity contribution >= 4 is 11.4 Å². The highest BCUT2D eigenvalue weighted by molar-refractivity contribution is 5.75. The second-order valence-electron chi connectivity index (χ2n) is 6.62. The van der Waals surface area contributed by atoms with E-state index in [-0.39, 0.29) is 6.54 Å². The lowest BCUT2D eigenvalue weighted by Crippen LogP contribution is -2.51. The van der Waals surface area contributed by atoms with Gasteiger partial charge < -0.3 is 25.0 Å². The summed E-state index contributed by atoms with van der Waals surface area (Å²) in [5.74, 6) is 0. The molecule has 2 N–H and O–H groups in total. The number of rotatable bonds is 6. The Labute approximate surface area is 141 Å². The van der Waals surface area contributed by atoms with Crippen LogP contribution in [-0.4, -0.2) is 93.6 Å². The highest BCUT2D eigenvalue weighted by atomic mass is 16.5. The average Bonchev–Trinajstić information content (AvgIpc) is 2.60. The molecule has 0 bridgehead atoms. The molecule has 0 unspecified atom stereocenters. The first-order chi connectivity index (χ1) is 11.6. The molecule has 134 valence electrons. The van der Waals surface area contributed by atoms with E-state index in [1.165, 1.54) is 0 Å². The third kappa shape index (κ3) is 3.77. The van der Waals surface area contributed by atoms with Crippen LogP contribution in [0, 0.1) is 0 Å². The molecule has 1 aromatic carbocycles. The number of aliphatic hydroxyl groups is 1. The molecule has 0 spiro atoms. The summed E-state index contributed by atoms with van der Waals surface area (Å²) < 4.78 is 5.28. The highest BCUT2D eigenvalue weighted by Crippen LogP contribution is 2.21. The van der Waals surface area contributed by atoms with Gasteiger partial charge in [0.2, 0.25) is 0 Å². The van der Waals surface area contributed by atoms with Gasteiger partial charge in [0.15, 0.2) is 0 Å². The van der Waals surface area contributed by atoms with Gasteiger partial charge in [0.05, 0.1) is 19.3 Å². The smallest absolute Gasteiger partial charge is 0.253 e. The fourth-order valence-corrected chi connectivity index (χ4v) is 3.24. The summed E-state index contributed by atoms with van der Waals surface area (Å²) in [6, 6.07) is 0. The summed E-state index contributed by atoms with van der Waals surface area (Å²) >= 11 is 0. The molecule has 2 heterocycles. The molecule has 0 aliphatic carbocycles. The van der Waals surface area contributed by atoms with E-state index in [2.05, 4.69) is 15.1 Å². The molecule has 2 aliphatic heterocycles. The van der Waals surface area contributed by atoms with Gasteiger partial charge in [0.1, 0.15) is 11.4 Å². The predicted molar refractivity (Wildman–Crippen MR) is 92.8 cm³/mol. The first-order valence-electron chi connectivity index (χ1n) is 8.55. The minimum atomic E-state index is -0.590. The molecule has 2 saturated heterocycles. The van der Waals surface area contributed by atoms with Gasteiger partial charge in [-0.3, -0.25) is 14.5 Å². The van der Waals surface area contributed by atoms with E-state index in [0.29, 0.717) is 31.1 Å².